The summed E-state index contributed by atoms with van der Waals surface area (Å²) in [4.78, 5) is 78.5. The molecule has 5 aromatic rings. The zero-order chi connectivity index (χ0) is 41.3. The number of imide groups is 2. The number of para-hydroxylation sites is 1. The molecule has 7 rings (SSSR count). The number of amides is 5. The lowest BCUT2D eigenvalue weighted by molar-refractivity contribution is -0.383. The van der Waals surface area contributed by atoms with Crippen molar-refractivity contribution in [1.82, 2.24) is 25.8 Å². The Balaban J connectivity index is 0.875. The van der Waals surface area contributed by atoms with Crippen LogP contribution in [-0.2, 0) is 33.4 Å². The van der Waals surface area contributed by atoms with Crippen LogP contribution >= 0.6 is 0 Å². The maximum absolute atomic E-state index is 14.0. The van der Waals surface area contributed by atoms with Gasteiger partial charge in [0.1, 0.15) is 12.1 Å². The first-order valence-electron chi connectivity index (χ1n) is 18.9. The summed E-state index contributed by atoms with van der Waals surface area (Å²) in [6.45, 7) is 1.43. The molecule has 18 nitrogen and oxygen atoms in total. The Kier molecular flexibility index (Phi) is 12.8. The Morgan fingerprint density at radius 1 is 0.814 bits per heavy atom. The highest BCUT2D eigenvalue weighted by Gasteiger charge is 2.45. The molecular formula is C41H39N7O11. The molecule has 0 radical (unpaired) electrons. The topological polar surface area (TPSA) is 226 Å². The molecular weight excluding hydrogens is 766 g/mol. The van der Waals surface area contributed by atoms with E-state index in [9.17, 15) is 34.1 Å². The summed E-state index contributed by atoms with van der Waals surface area (Å²) in [6, 6.07) is 24.2. The van der Waals surface area contributed by atoms with Gasteiger partial charge in [-0.05, 0) is 46.1 Å². The predicted octanol–water partition coefficient (Wildman–Crippen LogP) is 4.02. The van der Waals surface area contributed by atoms with Crippen LogP contribution < -0.4 is 15.5 Å². The molecule has 5 amide bonds. The molecule has 304 valence electrons. The minimum Gasteiger partial charge on any atom is -0.379 e. The van der Waals surface area contributed by atoms with Gasteiger partial charge in [-0.2, -0.15) is 0 Å². The number of piperidine rings is 1. The van der Waals surface area contributed by atoms with Crippen molar-refractivity contribution in [3.8, 4) is 11.1 Å². The number of hydrogen-bond donors (Lipinski definition) is 2. The Morgan fingerprint density at radius 2 is 1.47 bits per heavy atom. The summed E-state index contributed by atoms with van der Waals surface area (Å²) in [5.41, 5.74) is 2.86. The van der Waals surface area contributed by atoms with Crippen LogP contribution in [0.1, 0.15) is 41.2 Å². The van der Waals surface area contributed by atoms with Crippen molar-refractivity contribution >= 4 is 57.6 Å². The largest absolute Gasteiger partial charge is 0.379 e. The van der Waals surface area contributed by atoms with E-state index in [-0.39, 0.29) is 93.8 Å². The van der Waals surface area contributed by atoms with Gasteiger partial charge >= 0.3 is 5.69 Å². The summed E-state index contributed by atoms with van der Waals surface area (Å²) >= 11 is 0. The lowest BCUT2D eigenvalue weighted by Gasteiger charge is -2.38. The van der Waals surface area contributed by atoms with Crippen molar-refractivity contribution in [2.45, 2.75) is 31.3 Å². The molecule has 3 heterocycles. The predicted molar refractivity (Wildman–Crippen MR) is 209 cm³/mol. The third kappa shape index (κ3) is 8.90. The van der Waals surface area contributed by atoms with Gasteiger partial charge in [-0.15, -0.1) is 0 Å². The number of nitro groups is 1. The van der Waals surface area contributed by atoms with Crippen LogP contribution in [0.2, 0.25) is 0 Å². The van der Waals surface area contributed by atoms with Crippen LogP contribution in [0.5, 0.6) is 0 Å². The molecule has 2 atom stereocenters. The molecule has 1 saturated heterocycles. The number of nitrogens with one attached hydrogen (secondary N) is 2. The number of ether oxygens (including phenoxy) is 3. The zero-order valence-electron chi connectivity index (χ0n) is 31.6. The lowest BCUT2D eigenvalue weighted by atomic mass is 9.91. The standard InChI is InChI=1S/C41H39N7O11/c49-34-17-16-33(39(51)43-34)47-40(52)29-12-5-4-11-28(29)36(41(47)53)42-19-21-57-23-25-58-24-22-56-20-18-35(50)46(30-13-7-6-10-27(30)26-8-2-1-3-9-26)31-14-15-32(48(54)55)38-37(31)44-59-45-38/h1-15,33,36,42H,16-25H2,(H,43,49,51). The number of rotatable bonds is 18. The van der Waals surface area contributed by atoms with E-state index in [1.54, 1.807) is 36.4 Å². The second-order valence-electron chi connectivity index (χ2n) is 13.5. The molecule has 2 aliphatic rings. The van der Waals surface area contributed by atoms with E-state index in [2.05, 4.69) is 20.9 Å². The number of non-ortho nitro benzene ring substituents is 1. The fourth-order valence-electron chi connectivity index (χ4n) is 7.05. The summed E-state index contributed by atoms with van der Waals surface area (Å²) < 4.78 is 21.9. The van der Waals surface area contributed by atoms with Gasteiger partial charge in [0.05, 0.1) is 62.4 Å². The van der Waals surface area contributed by atoms with Gasteiger partial charge < -0.3 is 14.2 Å². The molecule has 2 aliphatic heterocycles. The first-order valence-corrected chi connectivity index (χ1v) is 18.9. The SMILES string of the molecule is O=C1CCC(N2C(=O)c3ccccc3C(NCCOCCOCCOCCC(=O)N(c3ccccc3-c3ccccc3)c3ccc([N+](=O)[O-])c4nonc34)C2=O)C(=O)N1. The Labute approximate surface area is 336 Å². The van der Waals surface area contributed by atoms with Gasteiger partial charge in [-0.25, -0.2) is 4.63 Å². The van der Waals surface area contributed by atoms with Crippen molar-refractivity contribution < 1.29 is 47.7 Å². The number of carbonyl (C=O) groups is 5. The monoisotopic (exact) mass is 805 g/mol. The third-order valence-corrected chi connectivity index (χ3v) is 9.82. The molecule has 2 unspecified atom stereocenters. The van der Waals surface area contributed by atoms with Gasteiger partial charge in [0.2, 0.25) is 23.2 Å². The van der Waals surface area contributed by atoms with E-state index < -0.39 is 40.6 Å². The van der Waals surface area contributed by atoms with E-state index in [1.807, 2.05) is 42.5 Å². The molecule has 2 N–H and O–H groups in total. The van der Waals surface area contributed by atoms with Crippen molar-refractivity contribution in [1.29, 1.82) is 0 Å². The normalized spacial score (nSPS) is 16.6. The minimum absolute atomic E-state index is 0.0250. The van der Waals surface area contributed by atoms with Crippen LogP contribution in [-0.4, -0.2) is 102 Å². The number of carbonyl (C=O) groups excluding carboxylic acids is 5. The third-order valence-electron chi connectivity index (χ3n) is 9.82. The highest BCUT2D eigenvalue weighted by atomic mass is 16.6. The summed E-state index contributed by atoms with van der Waals surface area (Å²) in [5.74, 6) is -2.64. The zero-order valence-corrected chi connectivity index (χ0v) is 31.6. The van der Waals surface area contributed by atoms with Crippen molar-refractivity contribution in [2.75, 3.05) is 51.1 Å². The Bertz CT molecular complexity index is 2370. The number of anilines is 2. The van der Waals surface area contributed by atoms with Crippen LogP contribution in [0.4, 0.5) is 17.1 Å². The second kappa shape index (κ2) is 18.7. The van der Waals surface area contributed by atoms with Crippen LogP contribution in [0.15, 0.2) is 95.6 Å². The van der Waals surface area contributed by atoms with Crippen LogP contribution in [0.3, 0.4) is 0 Å². The van der Waals surface area contributed by atoms with Crippen LogP contribution in [0, 0.1) is 10.1 Å². The van der Waals surface area contributed by atoms with Crippen LogP contribution in [0.25, 0.3) is 22.2 Å². The lowest BCUT2D eigenvalue weighted by Crippen LogP contribution is -2.60. The Hall–Kier alpha value is -6.73. The summed E-state index contributed by atoms with van der Waals surface area (Å²) in [5, 5.41) is 24.7. The quantitative estimate of drug-likeness (QED) is 0.0552. The Morgan fingerprint density at radius 3 is 2.22 bits per heavy atom. The number of fused-ring (bicyclic) bond motifs is 2. The molecule has 1 fully saturated rings. The first kappa shape index (κ1) is 40.5. The van der Waals surface area contributed by atoms with E-state index in [1.165, 1.54) is 17.0 Å². The van der Waals surface area contributed by atoms with E-state index in [0.717, 1.165) is 16.0 Å². The second-order valence-corrected chi connectivity index (χ2v) is 13.5. The fraction of sp³-hybridized carbons (Fsp3) is 0.293. The number of benzene rings is 4. The number of nitrogens with zero attached hydrogens (tertiary/aromatic N) is 5. The van der Waals surface area contributed by atoms with Gasteiger partial charge in [-0.3, -0.25) is 54.5 Å². The van der Waals surface area contributed by atoms with Gasteiger partial charge in [0, 0.05) is 30.2 Å². The number of nitro benzene ring substituents is 1. The maximum Gasteiger partial charge on any atom is 0.300 e. The van der Waals surface area contributed by atoms with Gasteiger partial charge in [-0.1, -0.05) is 66.7 Å². The molecule has 0 aliphatic carbocycles. The van der Waals surface area contributed by atoms with Crippen molar-refractivity contribution in [3.63, 3.8) is 0 Å². The van der Waals surface area contributed by atoms with E-state index >= 15 is 0 Å². The highest BCUT2D eigenvalue weighted by Crippen LogP contribution is 2.40. The van der Waals surface area contributed by atoms with E-state index in [4.69, 9.17) is 18.8 Å². The first-order chi connectivity index (χ1) is 28.7. The number of aromatic nitrogens is 2. The van der Waals surface area contributed by atoms with E-state index in [0.29, 0.717) is 16.8 Å². The summed E-state index contributed by atoms with van der Waals surface area (Å²) in [7, 11) is 0. The fourth-order valence-corrected chi connectivity index (χ4v) is 7.05. The highest BCUT2D eigenvalue weighted by molar-refractivity contribution is 6.15. The van der Waals surface area contributed by atoms with Crippen molar-refractivity contribution in [2.24, 2.45) is 0 Å². The average Bonchev–Trinajstić information content (AvgIpc) is 3.74. The van der Waals surface area contributed by atoms with Gasteiger partial charge in [0.25, 0.3) is 11.8 Å². The molecule has 0 spiro atoms. The average molecular weight is 806 g/mol. The smallest absolute Gasteiger partial charge is 0.300 e. The maximum atomic E-state index is 14.0. The molecule has 4 aromatic carbocycles. The number of hydrogen-bond acceptors (Lipinski definition) is 14. The molecule has 1 aromatic heterocycles. The molecule has 59 heavy (non-hydrogen) atoms. The molecule has 0 bridgehead atoms. The summed E-state index contributed by atoms with van der Waals surface area (Å²) in [6.07, 6.45) is 0.0373. The van der Waals surface area contributed by atoms with Gasteiger partial charge in [0.15, 0.2) is 5.52 Å². The van der Waals surface area contributed by atoms with Crippen molar-refractivity contribution in [3.05, 3.63) is 112 Å². The molecule has 18 heteroatoms. The molecule has 0 saturated carbocycles. The minimum atomic E-state index is -1.08.